The van der Waals surface area contributed by atoms with Gasteiger partial charge in [0, 0.05) is 29.3 Å². The number of halogens is 1. The van der Waals surface area contributed by atoms with Crippen LogP contribution >= 0.6 is 15.9 Å². The number of rotatable bonds is 4. The second-order valence-corrected chi connectivity index (χ2v) is 5.17. The zero-order valence-electron chi connectivity index (χ0n) is 11.3. The Morgan fingerprint density at radius 3 is 2.63 bits per heavy atom. The van der Waals surface area contributed by atoms with Gasteiger partial charge in [-0.2, -0.15) is 0 Å². The molecule has 0 fully saturated rings. The maximum atomic E-state index is 12.0. The summed E-state index contributed by atoms with van der Waals surface area (Å²) in [6.07, 6.45) is 0. The van der Waals surface area contributed by atoms with Gasteiger partial charge in [-0.1, -0.05) is 15.9 Å². The number of anilines is 1. The molecule has 19 heavy (non-hydrogen) atoms. The number of benzene rings is 1. The van der Waals surface area contributed by atoms with Gasteiger partial charge in [0.2, 0.25) is 5.91 Å². The predicted octanol–water partition coefficient (Wildman–Crippen LogP) is 1.55. The van der Waals surface area contributed by atoms with E-state index in [1.165, 1.54) is 0 Å². The summed E-state index contributed by atoms with van der Waals surface area (Å²) < 4.78 is 0.734. The maximum absolute atomic E-state index is 12.0. The van der Waals surface area contributed by atoms with Crippen LogP contribution in [0.4, 0.5) is 5.69 Å². The number of likely N-dealkylation sites (N-methyl/N-ethyl adjacent to an activating group) is 1. The van der Waals surface area contributed by atoms with Crippen LogP contribution in [-0.4, -0.2) is 36.9 Å². The van der Waals surface area contributed by atoms with Crippen LogP contribution in [0.5, 0.6) is 0 Å². The van der Waals surface area contributed by atoms with Crippen LogP contribution in [0.2, 0.25) is 0 Å². The Hall–Kier alpha value is -1.56. The van der Waals surface area contributed by atoms with Crippen LogP contribution in [0.15, 0.2) is 16.6 Å². The molecule has 0 bridgehead atoms. The Morgan fingerprint density at radius 2 is 2.05 bits per heavy atom. The summed E-state index contributed by atoms with van der Waals surface area (Å²) in [5.74, 6) is -0.431. The van der Waals surface area contributed by atoms with Crippen molar-refractivity contribution in [2.75, 3.05) is 25.9 Å². The van der Waals surface area contributed by atoms with Gasteiger partial charge in [0.25, 0.3) is 5.91 Å². The van der Waals surface area contributed by atoms with Crippen molar-refractivity contribution in [1.29, 1.82) is 0 Å². The van der Waals surface area contributed by atoms with E-state index in [2.05, 4.69) is 21.2 Å². The van der Waals surface area contributed by atoms with Gasteiger partial charge >= 0.3 is 0 Å². The molecule has 2 amide bonds. The molecule has 104 valence electrons. The molecule has 0 aliphatic carbocycles. The number of carbonyl (C=O) groups is 2. The minimum atomic E-state index is -0.302. The van der Waals surface area contributed by atoms with Gasteiger partial charge in [-0.3, -0.25) is 9.59 Å². The standard InChI is InChI=1S/C13H18BrN3O2/c1-4-17(3)12(18)7-16-13(19)10-5-9(14)6-11(15)8(10)2/h5-6H,4,7,15H2,1-3H3,(H,16,19). The van der Waals surface area contributed by atoms with E-state index in [9.17, 15) is 9.59 Å². The summed E-state index contributed by atoms with van der Waals surface area (Å²) >= 11 is 3.29. The summed E-state index contributed by atoms with van der Waals surface area (Å²) in [4.78, 5) is 25.2. The summed E-state index contributed by atoms with van der Waals surface area (Å²) in [5.41, 5.74) is 7.51. The highest BCUT2D eigenvalue weighted by Crippen LogP contribution is 2.22. The molecule has 0 spiro atoms. The lowest BCUT2D eigenvalue weighted by atomic mass is 10.1. The molecule has 0 atom stereocenters. The topological polar surface area (TPSA) is 75.4 Å². The minimum absolute atomic E-state index is 0.0188. The molecule has 6 heteroatoms. The summed E-state index contributed by atoms with van der Waals surface area (Å²) in [6, 6.07) is 3.43. The Labute approximate surface area is 121 Å². The summed E-state index contributed by atoms with van der Waals surface area (Å²) in [5, 5.41) is 2.60. The van der Waals surface area contributed by atoms with Gasteiger partial charge in [-0.15, -0.1) is 0 Å². The first-order chi connectivity index (χ1) is 8.86. The van der Waals surface area contributed by atoms with E-state index in [4.69, 9.17) is 5.73 Å². The number of nitrogen functional groups attached to an aromatic ring is 1. The smallest absolute Gasteiger partial charge is 0.252 e. The largest absolute Gasteiger partial charge is 0.398 e. The van der Waals surface area contributed by atoms with Crippen LogP contribution in [0.25, 0.3) is 0 Å². The fourth-order valence-corrected chi connectivity index (χ4v) is 1.97. The van der Waals surface area contributed by atoms with Crippen molar-refractivity contribution in [3.63, 3.8) is 0 Å². The first-order valence-electron chi connectivity index (χ1n) is 5.94. The molecule has 0 aromatic heterocycles. The molecule has 1 aromatic rings. The van der Waals surface area contributed by atoms with Gasteiger partial charge in [0.15, 0.2) is 0 Å². The van der Waals surface area contributed by atoms with Crippen molar-refractivity contribution in [3.05, 3.63) is 27.7 Å². The molecule has 1 rings (SSSR count). The van der Waals surface area contributed by atoms with Crippen LogP contribution in [0.1, 0.15) is 22.8 Å². The molecular formula is C13H18BrN3O2. The molecule has 0 aliphatic rings. The lowest BCUT2D eigenvalue weighted by molar-refractivity contribution is -0.128. The van der Waals surface area contributed by atoms with Crippen molar-refractivity contribution in [2.24, 2.45) is 0 Å². The van der Waals surface area contributed by atoms with E-state index in [-0.39, 0.29) is 18.4 Å². The van der Waals surface area contributed by atoms with Crippen LogP contribution in [-0.2, 0) is 4.79 Å². The Kier molecular flexibility index (Phi) is 5.35. The van der Waals surface area contributed by atoms with E-state index in [0.29, 0.717) is 23.4 Å². The van der Waals surface area contributed by atoms with Gasteiger partial charge in [-0.05, 0) is 31.5 Å². The van der Waals surface area contributed by atoms with Gasteiger partial charge in [-0.25, -0.2) is 0 Å². The molecular weight excluding hydrogens is 310 g/mol. The normalized spacial score (nSPS) is 10.1. The molecule has 0 aliphatic heterocycles. The van der Waals surface area contributed by atoms with Crippen LogP contribution in [0.3, 0.4) is 0 Å². The number of hydrogen-bond donors (Lipinski definition) is 2. The Balaban J connectivity index is 2.77. The highest BCUT2D eigenvalue weighted by Gasteiger charge is 2.14. The second kappa shape index (κ2) is 6.56. The minimum Gasteiger partial charge on any atom is -0.398 e. The van der Waals surface area contributed by atoms with Gasteiger partial charge in [0.1, 0.15) is 0 Å². The van der Waals surface area contributed by atoms with Gasteiger partial charge in [0.05, 0.1) is 6.54 Å². The number of nitrogens with one attached hydrogen (secondary N) is 1. The van der Waals surface area contributed by atoms with E-state index >= 15 is 0 Å². The molecule has 5 nitrogen and oxygen atoms in total. The molecule has 0 saturated carbocycles. The quantitative estimate of drug-likeness (QED) is 0.824. The van der Waals surface area contributed by atoms with Crippen molar-refractivity contribution >= 4 is 33.4 Å². The number of carbonyl (C=O) groups excluding carboxylic acids is 2. The maximum Gasteiger partial charge on any atom is 0.252 e. The molecule has 0 radical (unpaired) electrons. The predicted molar refractivity (Wildman–Crippen MR) is 78.9 cm³/mol. The number of hydrogen-bond acceptors (Lipinski definition) is 3. The number of nitrogens with zero attached hydrogens (tertiary/aromatic N) is 1. The lowest BCUT2D eigenvalue weighted by Crippen LogP contribution is -2.38. The zero-order valence-corrected chi connectivity index (χ0v) is 12.9. The van der Waals surface area contributed by atoms with E-state index < -0.39 is 0 Å². The van der Waals surface area contributed by atoms with E-state index in [1.54, 1.807) is 31.0 Å². The van der Waals surface area contributed by atoms with Crippen LogP contribution < -0.4 is 11.1 Å². The third kappa shape index (κ3) is 3.96. The first kappa shape index (κ1) is 15.5. The Bertz CT molecular complexity index is 503. The third-order valence-electron chi connectivity index (χ3n) is 2.96. The summed E-state index contributed by atoms with van der Waals surface area (Å²) in [7, 11) is 1.69. The van der Waals surface area contributed by atoms with E-state index in [1.807, 2.05) is 6.92 Å². The lowest BCUT2D eigenvalue weighted by Gasteiger charge is -2.15. The highest BCUT2D eigenvalue weighted by atomic mass is 79.9. The molecule has 3 N–H and O–H groups in total. The molecule has 0 unspecified atom stereocenters. The van der Waals surface area contributed by atoms with Crippen molar-refractivity contribution in [1.82, 2.24) is 10.2 Å². The highest BCUT2D eigenvalue weighted by molar-refractivity contribution is 9.10. The first-order valence-corrected chi connectivity index (χ1v) is 6.73. The monoisotopic (exact) mass is 327 g/mol. The number of amides is 2. The average molecular weight is 328 g/mol. The molecule has 1 aromatic carbocycles. The fourth-order valence-electron chi connectivity index (χ4n) is 1.50. The van der Waals surface area contributed by atoms with Crippen LogP contribution in [0, 0.1) is 6.92 Å². The zero-order chi connectivity index (χ0) is 14.6. The summed E-state index contributed by atoms with van der Waals surface area (Å²) in [6.45, 7) is 4.24. The van der Waals surface area contributed by atoms with Crippen molar-refractivity contribution in [2.45, 2.75) is 13.8 Å². The molecule has 0 saturated heterocycles. The fraction of sp³-hybridized carbons (Fsp3) is 0.385. The number of nitrogens with two attached hydrogens (primary N) is 1. The van der Waals surface area contributed by atoms with Gasteiger partial charge < -0.3 is 16.0 Å². The molecule has 0 heterocycles. The average Bonchev–Trinajstić information content (AvgIpc) is 2.38. The SMILES string of the molecule is CCN(C)C(=O)CNC(=O)c1cc(Br)cc(N)c1C. The Morgan fingerprint density at radius 1 is 1.42 bits per heavy atom. The third-order valence-corrected chi connectivity index (χ3v) is 3.42. The van der Waals surface area contributed by atoms with Crippen molar-refractivity contribution < 1.29 is 9.59 Å². The second-order valence-electron chi connectivity index (χ2n) is 4.26. The van der Waals surface area contributed by atoms with E-state index in [0.717, 1.165) is 4.47 Å². The van der Waals surface area contributed by atoms with Crippen molar-refractivity contribution in [3.8, 4) is 0 Å².